The molecule has 208 valence electrons. The van der Waals surface area contributed by atoms with Crippen molar-refractivity contribution in [2.75, 3.05) is 33.2 Å². The summed E-state index contributed by atoms with van der Waals surface area (Å²) >= 11 is 0. The number of halogens is 1. The molecule has 40 heavy (non-hydrogen) atoms. The Bertz CT molecular complexity index is 1500. The lowest BCUT2D eigenvalue weighted by molar-refractivity contribution is -0.117. The highest BCUT2D eigenvalue weighted by atomic mass is 19.1. The summed E-state index contributed by atoms with van der Waals surface area (Å²) in [6.07, 6.45) is 1.78. The van der Waals surface area contributed by atoms with Gasteiger partial charge in [-0.05, 0) is 62.4 Å². The Hall–Kier alpha value is -4.86. The van der Waals surface area contributed by atoms with Crippen molar-refractivity contribution in [1.82, 2.24) is 14.5 Å². The number of imidazole rings is 1. The molecule has 0 aliphatic heterocycles. The first-order valence-corrected chi connectivity index (χ1v) is 12.6. The van der Waals surface area contributed by atoms with Gasteiger partial charge in [-0.15, -0.1) is 0 Å². The third-order valence-electron chi connectivity index (χ3n) is 6.29. The largest absolute Gasteiger partial charge is 0.497 e. The second-order valence-corrected chi connectivity index (χ2v) is 9.14. The fraction of sp³-hybridized carbons (Fsp3) is 0.233. The van der Waals surface area contributed by atoms with Gasteiger partial charge in [0.05, 0.1) is 38.3 Å². The van der Waals surface area contributed by atoms with Gasteiger partial charge >= 0.3 is 0 Å². The molecule has 1 heterocycles. The van der Waals surface area contributed by atoms with Gasteiger partial charge in [0.15, 0.2) is 11.5 Å². The van der Waals surface area contributed by atoms with E-state index in [1.54, 1.807) is 63.1 Å². The van der Waals surface area contributed by atoms with Crippen molar-refractivity contribution in [2.45, 2.75) is 19.9 Å². The quantitative estimate of drug-likeness (QED) is 0.294. The zero-order valence-corrected chi connectivity index (χ0v) is 23.0. The number of carbonyl (C=O) groups is 2. The Labute approximate surface area is 232 Å². The van der Waals surface area contributed by atoms with E-state index in [0.717, 1.165) is 5.56 Å². The molecule has 4 aromatic rings. The fourth-order valence-electron chi connectivity index (χ4n) is 4.14. The van der Waals surface area contributed by atoms with Crippen LogP contribution >= 0.6 is 0 Å². The van der Waals surface area contributed by atoms with Crippen LogP contribution in [0.15, 0.2) is 72.9 Å². The van der Waals surface area contributed by atoms with Crippen molar-refractivity contribution in [1.29, 1.82) is 0 Å². The van der Waals surface area contributed by atoms with E-state index < -0.39 is 17.6 Å². The molecular formula is C30H31FN4O5. The minimum Gasteiger partial charge on any atom is -0.497 e. The molecule has 2 amide bonds. The Morgan fingerprint density at radius 3 is 2.27 bits per heavy atom. The number of amides is 2. The highest BCUT2D eigenvalue weighted by molar-refractivity contribution is 5.99. The first kappa shape index (κ1) is 28.2. The van der Waals surface area contributed by atoms with E-state index in [1.165, 1.54) is 30.2 Å². The maximum absolute atomic E-state index is 14.3. The number of nitrogens with one attached hydrogen (secondary N) is 1. The van der Waals surface area contributed by atoms with Gasteiger partial charge in [0.1, 0.15) is 18.1 Å². The van der Waals surface area contributed by atoms with Gasteiger partial charge in [-0.1, -0.05) is 12.1 Å². The van der Waals surface area contributed by atoms with Crippen molar-refractivity contribution in [3.8, 4) is 34.2 Å². The predicted molar refractivity (Wildman–Crippen MR) is 150 cm³/mol. The van der Waals surface area contributed by atoms with Crippen LogP contribution in [0.3, 0.4) is 0 Å². The first-order chi connectivity index (χ1) is 19.2. The Morgan fingerprint density at radius 2 is 1.65 bits per heavy atom. The van der Waals surface area contributed by atoms with Gasteiger partial charge in [-0.2, -0.15) is 0 Å². The molecule has 9 nitrogen and oxygen atoms in total. The maximum atomic E-state index is 14.3. The summed E-state index contributed by atoms with van der Waals surface area (Å²) in [7, 11) is 4.67. The van der Waals surface area contributed by atoms with Gasteiger partial charge in [0.2, 0.25) is 11.9 Å². The molecule has 0 spiro atoms. The van der Waals surface area contributed by atoms with Gasteiger partial charge in [-0.25, -0.2) is 9.37 Å². The highest BCUT2D eigenvalue weighted by Gasteiger charge is 2.25. The molecule has 0 saturated heterocycles. The molecule has 0 aliphatic rings. The lowest BCUT2D eigenvalue weighted by atomic mass is 10.1. The molecule has 0 unspecified atom stereocenters. The molecule has 0 fully saturated rings. The van der Waals surface area contributed by atoms with Crippen LogP contribution in [0, 0.1) is 5.82 Å². The number of hydrogen-bond acceptors (Lipinski definition) is 6. The molecular weight excluding hydrogens is 515 g/mol. The topological polar surface area (TPSA) is 94.9 Å². The van der Waals surface area contributed by atoms with E-state index in [-0.39, 0.29) is 24.1 Å². The number of nitrogens with zero attached hydrogens (tertiary/aromatic N) is 3. The van der Waals surface area contributed by atoms with Crippen molar-refractivity contribution in [3.63, 3.8) is 0 Å². The number of rotatable bonds is 10. The summed E-state index contributed by atoms with van der Waals surface area (Å²) in [4.78, 5) is 32.4. The van der Waals surface area contributed by atoms with Crippen molar-refractivity contribution in [3.05, 3.63) is 84.3 Å². The average molecular weight is 547 g/mol. The summed E-state index contributed by atoms with van der Waals surface area (Å²) < 4.78 is 32.1. The predicted octanol–water partition coefficient (Wildman–Crippen LogP) is 5.19. The molecule has 10 heteroatoms. The zero-order valence-electron chi connectivity index (χ0n) is 23.0. The minimum atomic E-state index is -0.647. The third-order valence-corrected chi connectivity index (χ3v) is 6.29. The number of benzene rings is 3. The van der Waals surface area contributed by atoms with E-state index >= 15 is 0 Å². The van der Waals surface area contributed by atoms with Crippen molar-refractivity contribution >= 4 is 17.8 Å². The lowest BCUT2D eigenvalue weighted by Gasteiger charge is -2.26. The third kappa shape index (κ3) is 6.06. The monoisotopic (exact) mass is 546 g/mol. The van der Waals surface area contributed by atoms with E-state index in [1.807, 2.05) is 24.3 Å². The number of anilines is 1. The lowest BCUT2D eigenvalue weighted by Crippen LogP contribution is -2.42. The van der Waals surface area contributed by atoms with Gasteiger partial charge in [-0.3, -0.25) is 19.5 Å². The van der Waals surface area contributed by atoms with Gasteiger partial charge in [0.25, 0.3) is 5.91 Å². The molecule has 4 rings (SSSR count). The van der Waals surface area contributed by atoms with Crippen LogP contribution in [-0.4, -0.2) is 60.2 Å². The number of aromatic nitrogens is 2. The number of methoxy groups -OCH3 is 3. The fourth-order valence-corrected chi connectivity index (χ4v) is 4.14. The van der Waals surface area contributed by atoms with Crippen LogP contribution in [0.1, 0.15) is 24.2 Å². The molecule has 1 aromatic heterocycles. The molecule has 0 saturated carbocycles. The van der Waals surface area contributed by atoms with Gasteiger partial charge < -0.3 is 19.1 Å². The van der Waals surface area contributed by atoms with Crippen LogP contribution in [-0.2, 0) is 4.79 Å². The number of ether oxygens (including phenoxy) is 3. The van der Waals surface area contributed by atoms with E-state index in [9.17, 15) is 14.0 Å². The van der Waals surface area contributed by atoms with Crippen LogP contribution in [0.5, 0.6) is 17.2 Å². The second kappa shape index (κ2) is 12.3. The summed E-state index contributed by atoms with van der Waals surface area (Å²) in [6.45, 7) is 3.22. The van der Waals surface area contributed by atoms with Crippen LogP contribution in [0.25, 0.3) is 16.9 Å². The zero-order chi connectivity index (χ0) is 28.8. The summed E-state index contributed by atoms with van der Waals surface area (Å²) in [5.74, 6) is 0.254. The van der Waals surface area contributed by atoms with Crippen molar-refractivity contribution in [2.24, 2.45) is 0 Å². The molecule has 0 atom stereocenters. The Morgan fingerprint density at radius 1 is 0.950 bits per heavy atom. The highest BCUT2D eigenvalue weighted by Crippen LogP contribution is 2.32. The SMILES string of the molecule is COc1ccc(-c2cn(-c3ccc(OC)c(OC)c3)c(NC(=O)CN(C(=O)c3ccccc3F)C(C)C)n2)cc1. The number of carbonyl (C=O) groups excluding carboxylic acids is 2. The average Bonchev–Trinajstić information content (AvgIpc) is 3.38. The first-order valence-electron chi connectivity index (χ1n) is 12.6. The van der Waals surface area contributed by atoms with E-state index in [2.05, 4.69) is 10.3 Å². The molecule has 0 radical (unpaired) electrons. The van der Waals surface area contributed by atoms with Crippen LogP contribution in [0.4, 0.5) is 10.3 Å². The second-order valence-electron chi connectivity index (χ2n) is 9.14. The van der Waals surface area contributed by atoms with Crippen LogP contribution < -0.4 is 19.5 Å². The van der Waals surface area contributed by atoms with Crippen molar-refractivity contribution < 1.29 is 28.2 Å². The summed E-state index contributed by atoms with van der Waals surface area (Å²) in [5.41, 5.74) is 1.95. The molecule has 0 bridgehead atoms. The molecule has 3 aromatic carbocycles. The Kier molecular flexibility index (Phi) is 8.68. The van der Waals surface area contributed by atoms with Gasteiger partial charge in [0, 0.05) is 23.9 Å². The maximum Gasteiger partial charge on any atom is 0.257 e. The van der Waals surface area contributed by atoms with Crippen LogP contribution in [0.2, 0.25) is 0 Å². The van der Waals surface area contributed by atoms with E-state index in [4.69, 9.17) is 14.2 Å². The standard InChI is InChI=1S/C30H31FN4O5/c1-19(2)34(29(37)23-8-6-7-9-24(23)31)18-28(36)33-30-32-25(20-10-13-22(38-3)14-11-20)17-35(30)21-12-15-26(39-4)27(16-21)40-5/h6-17,19H,18H2,1-5H3,(H,32,33,36). The molecule has 1 N–H and O–H groups in total. The number of hydrogen-bond donors (Lipinski definition) is 1. The smallest absolute Gasteiger partial charge is 0.257 e. The molecule has 0 aliphatic carbocycles. The summed E-state index contributed by atoms with van der Waals surface area (Å²) in [5, 5.41) is 2.82. The van der Waals surface area contributed by atoms with E-state index in [0.29, 0.717) is 28.6 Å². The minimum absolute atomic E-state index is 0.0994. The Balaban J connectivity index is 1.68. The normalized spacial score (nSPS) is 10.8. The summed E-state index contributed by atoms with van der Waals surface area (Å²) in [6, 6.07) is 18.0.